The van der Waals surface area contributed by atoms with Crippen molar-refractivity contribution in [3.05, 3.63) is 70.9 Å². The summed E-state index contributed by atoms with van der Waals surface area (Å²) in [5.74, 6) is 0.622. The van der Waals surface area contributed by atoms with E-state index in [-0.39, 0.29) is 5.69 Å². The van der Waals surface area contributed by atoms with E-state index in [1.807, 2.05) is 48.5 Å². The van der Waals surface area contributed by atoms with Crippen LogP contribution in [-0.4, -0.2) is 19.7 Å². The van der Waals surface area contributed by atoms with E-state index in [4.69, 9.17) is 0 Å². The number of benzene rings is 1. The van der Waals surface area contributed by atoms with Gasteiger partial charge in [-0.1, -0.05) is 36.4 Å². The Morgan fingerprint density at radius 3 is 2.58 bits per heavy atom. The molecule has 0 saturated heterocycles. The zero-order chi connectivity index (χ0) is 13.1. The van der Waals surface area contributed by atoms with E-state index < -0.39 is 0 Å². The minimum Gasteiger partial charge on any atom is -0.269 e. The van der Waals surface area contributed by atoms with Gasteiger partial charge >= 0.3 is 5.69 Å². The maximum atomic E-state index is 11.8. The average Bonchev–Trinajstić information content (AvgIpc) is 2.82. The molecule has 2 heterocycles. The molecule has 5 nitrogen and oxygen atoms in total. The standard InChI is InChI=1S/C14H12N4O/c19-14-17-16-13(11-6-2-1-3-7-11)18(14)10-12-8-4-5-9-15-12/h1-9H,10H2,(H,17,19). The van der Waals surface area contributed by atoms with Gasteiger partial charge in [0.15, 0.2) is 5.82 Å². The molecule has 0 fully saturated rings. The summed E-state index contributed by atoms with van der Waals surface area (Å²) >= 11 is 0. The van der Waals surface area contributed by atoms with Crippen molar-refractivity contribution in [3.63, 3.8) is 0 Å². The van der Waals surface area contributed by atoms with Gasteiger partial charge in [0, 0.05) is 11.8 Å². The van der Waals surface area contributed by atoms with Gasteiger partial charge in [0.1, 0.15) is 0 Å². The van der Waals surface area contributed by atoms with Crippen LogP contribution in [-0.2, 0) is 6.54 Å². The van der Waals surface area contributed by atoms with Crippen molar-refractivity contribution in [3.8, 4) is 11.4 Å². The molecule has 19 heavy (non-hydrogen) atoms. The molecular weight excluding hydrogens is 240 g/mol. The van der Waals surface area contributed by atoms with Gasteiger partial charge in [-0.05, 0) is 12.1 Å². The third-order valence-electron chi connectivity index (χ3n) is 2.84. The fourth-order valence-electron chi connectivity index (χ4n) is 1.93. The first kappa shape index (κ1) is 11.4. The van der Waals surface area contributed by atoms with Crippen molar-refractivity contribution in [2.75, 3.05) is 0 Å². The average molecular weight is 252 g/mol. The Labute approximate surface area is 109 Å². The second-order valence-electron chi connectivity index (χ2n) is 4.13. The maximum Gasteiger partial charge on any atom is 0.343 e. The summed E-state index contributed by atoms with van der Waals surface area (Å²) in [7, 11) is 0. The second kappa shape index (κ2) is 4.89. The van der Waals surface area contributed by atoms with Crippen molar-refractivity contribution >= 4 is 0 Å². The first-order valence-electron chi connectivity index (χ1n) is 5.95. The monoisotopic (exact) mass is 252 g/mol. The molecule has 3 rings (SSSR count). The van der Waals surface area contributed by atoms with Gasteiger partial charge in [-0.15, -0.1) is 0 Å². The number of aromatic nitrogens is 4. The van der Waals surface area contributed by atoms with E-state index >= 15 is 0 Å². The highest BCUT2D eigenvalue weighted by Crippen LogP contribution is 2.14. The maximum absolute atomic E-state index is 11.8. The molecule has 0 amide bonds. The van der Waals surface area contributed by atoms with E-state index in [0.717, 1.165) is 11.3 Å². The number of rotatable bonds is 3. The highest BCUT2D eigenvalue weighted by molar-refractivity contribution is 5.54. The molecule has 0 unspecified atom stereocenters. The number of nitrogens with one attached hydrogen (secondary N) is 1. The summed E-state index contributed by atoms with van der Waals surface area (Å²) in [6, 6.07) is 15.2. The smallest absolute Gasteiger partial charge is 0.269 e. The van der Waals surface area contributed by atoms with Crippen LogP contribution in [0.15, 0.2) is 59.5 Å². The molecule has 0 aliphatic carbocycles. The van der Waals surface area contributed by atoms with E-state index in [0.29, 0.717) is 12.4 Å². The molecule has 2 aromatic heterocycles. The third kappa shape index (κ3) is 2.30. The minimum absolute atomic E-state index is 0.232. The summed E-state index contributed by atoms with van der Waals surface area (Å²) in [4.78, 5) is 16.1. The van der Waals surface area contributed by atoms with Crippen LogP contribution < -0.4 is 5.69 Å². The third-order valence-corrected chi connectivity index (χ3v) is 2.84. The normalized spacial score (nSPS) is 10.5. The Hall–Kier alpha value is -2.69. The summed E-state index contributed by atoms with van der Waals surface area (Å²) in [6.07, 6.45) is 1.71. The van der Waals surface area contributed by atoms with Crippen LogP contribution in [0.3, 0.4) is 0 Å². The van der Waals surface area contributed by atoms with E-state index in [1.54, 1.807) is 10.8 Å². The van der Waals surface area contributed by atoms with Crippen molar-refractivity contribution < 1.29 is 0 Å². The largest absolute Gasteiger partial charge is 0.343 e. The molecule has 1 N–H and O–H groups in total. The van der Waals surface area contributed by atoms with Gasteiger partial charge in [0.2, 0.25) is 0 Å². The molecule has 0 radical (unpaired) electrons. The van der Waals surface area contributed by atoms with Crippen LogP contribution >= 0.6 is 0 Å². The molecule has 1 aromatic carbocycles. The van der Waals surface area contributed by atoms with Crippen LogP contribution in [0.1, 0.15) is 5.69 Å². The number of hydrogen-bond acceptors (Lipinski definition) is 3. The van der Waals surface area contributed by atoms with Crippen molar-refractivity contribution in [1.82, 2.24) is 19.7 Å². The molecule has 3 aromatic rings. The van der Waals surface area contributed by atoms with Crippen LogP contribution in [0.5, 0.6) is 0 Å². The summed E-state index contributed by atoms with van der Waals surface area (Å²) < 4.78 is 1.58. The SMILES string of the molecule is O=c1[nH]nc(-c2ccccc2)n1Cc1ccccn1. The predicted octanol–water partition coefficient (Wildman–Crippen LogP) is 1.68. The number of aromatic amines is 1. The zero-order valence-corrected chi connectivity index (χ0v) is 10.2. The molecule has 0 spiro atoms. The molecular formula is C14H12N4O. The lowest BCUT2D eigenvalue weighted by molar-refractivity contribution is 0.748. The first-order valence-corrected chi connectivity index (χ1v) is 5.95. The van der Waals surface area contributed by atoms with Crippen molar-refractivity contribution in [2.45, 2.75) is 6.54 Å². The molecule has 0 saturated carbocycles. The summed E-state index contributed by atoms with van der Waals surface area (Å²) in [6.45, 7) is 0.403. The topological polar surface area (TPSA) is 63.6 Å². The quantitative estimate of drug-likeness (QED) is 0.771. The van der Waals surface area contributed by atoms with Gasteiger partial charge in [-0.2, -0.15) is 5.10 Å². The number of H-pyrrole nitrogens is 1. The van der Waals surface area contributed by atoms with Gasteiger partial charge in [0.05, 0.1) is 12.2 Å². The molecule has 0 aliphatic heterocycles. The molecule has 94 valence electrons. The molecule has 0 bridgehead atoms. The highest BCUT2D eigenvalue weighted by atomic mass is 16.1. The lowest BCUT2D eigenvalue weighted by atomic mass is 10.2. The fraction of sp³-hybridized carbons (Fsp3) is 0.0714. The van der Waals surface area contributed by atoms with E-state index in [1.165, 1.54) is 0 Å². The Bertz CT molecular complexity index is 716. The van der Waals surface area contributed by atoms with Gasteiger partial charge < -0.3 is 0 Å². The summed E-state index contributed by atoms with van der Waals surface area (Å²) in [5.41, 5.74) is 1.49. The minimum atomic E-state index is -0.232. The van der Waals surface area contributed by atoms with Gasteiger partial charge in [-0.25, -0.2) is 9.89 Å². The predicted molar refractivity (Wildman–Crippen MR) is 71.6 cm³/mol. The number of pyridine rings is 1. The Morgan fingerprint density at radius 1 is 1.05 bits per heavy atom. The molecule has 0 aliphatic rings. The summed E-state index contributed by atoms with van der Waals surface area (Å²) in [5, 5.41) is 6.57. The first-order chi connectivity index (χ1) is 9.34. The van der Waals surface area contributed by atoms with Crippen LogP contribution in [0.4, 0.5) is 0 Å². The second-order valence-corrected chi connectivity index (χ2v) is 4.13. The molecule has 5 heteroatoms. The number of nitrogens with zero attached hydrogens (tertiary/aromatic N) is 3. The van der Waals surface area contributed by atoms with Gasteiger partial charge in [0.25, 0.3) is 0 Å². The number of hydrogen-bond donors (Lipinski definition) is 1. The molecule has 0 atom stereocenters. The Kier molecular flexibility index (Phi) is 2.94. The lowest BCUT2D eigenvalue weighted by Crippen LogP contribution is -2.18. The van der Waals surface area contributed by atoms with Crippen molar-refractivity contribution in [2.24, 2.45) is 0 Å². The van der Waals surface area contributed by atoms with E-state index in [9.17, 15) is 4.79 Å². The van der Waals surface area contributed by atoms with Crippen LogP contribution in [0.2, 0.25) is 0 Å². The highest BCUT2D eigenvalue weighted by Gasteiger charge is 2.10. The van der Waals surface area contributed by atoms with Crippen LogP contribution in [0, 0.1) is 0 Å². The van der Waals surface area contributed by atoms with E-state index in [2.05, 4.69) is 15.2 Å². The zero-order valence-electron chi connectivity index (χ0n) is 10.2. The lowest BCUT2D eigenvalue weighted by Gasteiger charge is -2.05. The fourth-order valence-corrected chi connectivity index (χ4v) is 1.93. The van der Waals surface area contributed by atoms with Crippen LogP contribution in [0.25, 0.3) is 11.4 Å². The van der Waals surface area contributed by atoms with Gasteiger partial charge in [-0.3, -0.25) is 9.55 Å². The Morgan fingerprint density at radius 2 is 1.84 bits per heavy atom. The Balaban J connectivity index is 2.03. The van der Waals surface area contributed by atoms with Crippen molar-refractivity contribution in [1.29, 1.82) is 0 Å².